The van der Waals surface area contributed by atoms with E-state index in [2.05, 4.69) is 238 Å². The number of rotatable bonds is 5. The largest absolute Gasteiger partial charge is 0.0837 e. The van der Waals surface area contributed by atoms with Gasteiger partial charge in [0.15, 0.2) is 0 Å². The minimum Gasteiger partial charge on any atom is -0.0837 e. The number of hydrogen-bond donors (Lipinski definition) is 0. The molecule has 338 valence electrons. The predicted molar refractivity (Wildman–Crippen MR) is 304 cm³/mol. The van der Waals surface area contributed by atoms with Crippen molar-refractivity contribution in [2.24, 2.45) is 29.6 Å². The van der Waals surface area contributed by atoms with Crippen LogP contribution in [0.2, 0.25) is 0 Å². The monoisotopic (exact) mass is 914 g/mol. The van der Waals surface area contributed by atoms with Crippen molar-refractivity contribution in [1.82, 2.24) is 0 Å². The second kappa shape index (κ2) is 15.1. The highest BCUT2D eigenvalue weighted by Gasteiger charge is 2.50. The molecule has 8 aromatic rings. The third kappa shape index (κ3) is 5.37. The summed E-state index contributed by atoms with van der Waals surface area (Å²) in [5, 5.41) is 5.29. The normalized spacial score (nSPS) is 22.2. The molecule has 0 radical (unpaired) electrons. The molecule has 0 spiro atoms. The average Bonchev–Trinajstić information content (AvgIpc) is 4.06. The van der Waals surface area contributed by atoms with Gasteiger partial charge in [-0.05, 0) is 181 Å². The van der Waals surface area contributed by atoms with E-state index in [0.717, 1.165) is 6.42 Å². The van der Waals surface area contributed by atoms with Gasteiger partial charge < -0.3 is 0 Å². The van der Waals surface area contributed by atoms with Crippen LogP contribution in [0.3, 0.4) is 0 Å². The molecule has 5 unspecified atom stereocenters. The van der Waals surface area contributed by atoms with Crippen molar-refractivity contribution in [3.05, 3.63) is 275 Å². The van der Waals surface area contributed by atoms with E-state index in [1.165, 1.54) is 150 Å². The van der Waals surface area contributed by atoms with Gasteiger partial charge in [0.25, 0.3) is 0 Å². The van der Waals surface area contributed by atoms with Crippen molar-refractivity contribution in [3.63, 3.8) is 0 Å². The fourth-order valence-corrected chi connectivity index (χ4v) is 15.1. The molecule has 0 heterocycles. The molecule has 8 aromatic carbocycles. The summed E-state index contributed by atoms with van der Waals surface area (Å²) < 4.78 is 0. The molecule has 72 heavy (non-hydrogen) atoms. The Bertz CT molecular complexity index is 4100. The number of allylic oxidation sites excluding steroid dienone is 20. The molecular weight excluding hydrogens is 865 g/mol. The lowest BCUT2D eigenvalue weighted by atomic mass is 9.68. The Morgan fingerprint density at radius 1 is 0.361 bits per heavy atom. The zero-order valence-electron chi connectivity index (χ0n) is 40.5. The van der Waals surface area contributed by atoms with Crippen LogP contribution in [-0.4, -0.2) is 0 Å². The van der Waals surface area contributed by atoms with E-state index >= 15 is 0 Å². The van der Waals surface area contributed by atoms with Crippen LogP contribution < -0.4 is 0 Å². The van der Waals surface area contributed by atoms with Crippen LogP contribution >= 0.6 is 0 Å². The quantitative estimate of drug-likeness (QED) is 0.161. The summed E-state index contributed by atoms with van der Waals surface area (Å²) in [6.07, 6.45) is 28.3. The van der Waals surface area contributed by atoms with E-state index in [-0.39, 0.29) is 23.7 Å². The smallest absolute Gasteiger partial charge is 0.0212 e. The summed E-state index contributed by atoms with van der Waals surface area (Å²) in [6, 6.07) is 59.4. The molecule has 0 nitrogen and oxygen atoms in total. The van der Waals surface area contributed by atoms with Crippen molar-refractivity contribution in [3.8, 4) is 44.5 Å². The maximum absolute atomic E-state index is 2.63. The van der Waals surface area contributed by atoms with E-state index < -0.39 is 0 Å². The molecule has 0 saturated carbocycles. The van der Waals surface area contributed by atoms with Crippen molar-refractivity contribution < 1.29 is 0 Å². The fourth-order valence-electron chi connectivity index (χ4n) is 15.1. The minimum atomic E-state index is 0.204. The first-order chi connectivity index (χ1) is 35.6. The third-order valence-corrected chi connectivity index (χ3v) is 17.8. The first kappa shape index (κ1) is 40.4. The highest BCUT2D eigenvalue weighted by molar-refractivity contribution is 6.23. The van der Waals surface area contributed by atoms with E-state index in [1.807, 2.05) is 0 Å². The van der Waals surface area contributed by atoms with Gasteiger partial charge in [0.05, 0.1) is 0 Å². The molecule has 0 N–H and O–H groups in total. The van der Waals surface area contributed by atoms with Gasteiger partial charge in [-0.1, -0.05) is 219 Å². The highest BCUT2D eigenvalue weighted by atomic mass is 14.5. The lowest BCUT2D eigenvalue weighted by Gasteiger charge is -2.35. The van der Waals surface area contributed by atoms with Crippen molar-refractivity contribution in [2.45, 2.75) is 20.3 Å². The lowest BCUT2D eigenvalue weighted by Crippen LogP contribution is -2.23. The van der Waals surface area contributed by atoms with Crippen molar-refractivity contribution in [2.75, 3.05) is 0 Å². The first-order valence-corrected chi connectivity index (χ1v) is 26.1. The molecule has 0 heteroatoms. The Balaban J connectivity index is 0.980. The van der Waals surface area contributed by atoms with Gasteiger partial charge >= 0.3 is 0 Å². The van der Waals surface area contributed by atoms with Gasteiger partial charge in [-0.25, -0.2) is 0 Å². The maximum atomic E-state index is 2.63. The summed E-state index contributed by atoms with van der Waals surface area (Å²) in [4.78, 5) is 0. The van der Waals surface area contributed by atoms with Crippen molar-refractivity contribution in [1.29, 1.82) is 0 Å². The molecule has 0 fully saturated rings. The van der Waals surface area contributed by atoms with Crippen LogP contribution in [0.4, 0.5) is 0 Å². The van der Waals surface area contributed by atoms with Gasteiger partial charge in [-0.3, -0.25) is 0 Å². The SMILES string of the molecule is CC1=C(C2=CC=C3c4c(c(-c5ccccc5)c5cc6c(cc5c4-c4ccccc4)C4=CC=C5c7c(c(-c8ccccc8)c8ccccc8c7-c7ccccc7)C7=CC=C6C4C75)C4=CC=CC2C43)C(C)CC=C1. The Morgan fingerprint density at radius 3 is 1.19 bits per heavy atom. The van der Waals surface area contributed by atoms with Crippen LogP contribution in [0.5, 0.6) is 0 Å². The first-order valence-electron chi connectivity index (χ1n) is 26.1. The van der Waals surface area contributed by atoms with Crippen molar-refractivity contribution >= 4 is 55.0 Å². The van der Waals surface area contributed by atoms with Crippen LogP contribution in [0.1, 0.15) is 53.6 Å². The van der Waals surface area contributed by atoms with Crippen LogP contribution in [0, 0.1) is 29.6 Å². The second-order valence-electron chi connectivity index (χ2n) is 21.3. The topological polar surface area (TPSA) is 0 Å². The van der Waals surface area contributed by atoms with E-state index in [4.69, 9.17) is 0 Å². The van der Waals surface area contributed by atoms with Crippen LogP contribution in [0.15, 0.2) is 241 Å². The molecule has 8 aliphatic carbocycles. The molecule has 0 aromatic heterocycles. The standard InChI is InChI=1S/C72H50/c1-41-19-17-20-42(2)61(41)50-33-36-54-66-49(50)31-18-32-53(66)69-64(45-25-11-5-12-26-45)59-39-57-51-34-37-55-68-56(38-35-52(67(51)68)58(57)40-60(59)65(70(54)69)46-27-13-6-14-28-46)72-63(44-23-9-4-10-24-44)48-30-16-15-29-47(48)62(71(55)72)43-21-7-3-8-22-43/h3-19,21-40,42,49,66-68H,20H2,1-2H3. The molecule has 0 amide bonds. The second-order valence-corrected chi connectivity index (χ2v) is 21.3. The van der Waals surface area contributed by atoms with Crippen LogP contribution in [-0.2, 0) is 0 Å². The molecule has 0 bridgehead atoms. The van der Waals surface area contributed by atoms with Crippen LogP contribution in [0.25, 0.3) is 99.5 Å². The van der Waals surface area contributed by atoms with Gasteiger partial charge in [-0.2, -0.15) is 0 Å². The van der Waals surface area contributed by atoms with Gasteiger partial charge in [-0.15, -0.1) is 0 Å². The molecule has 8 aliphatic rings. The summed E-state index contributed by atoms with van der Waals surface area (Å²) in [5.41, 5.74) is 32.0. The maximum Gasteiger partial charge on any atom is 0.0212 e. The fraction of sp³-hybridized carbons (Fsp3) is 0.111. The summed E-state index contributed by atoms with van der Waals surface area (Å²) >= 11 is 0. The third-order valence-electron chi connectivity index (χ3n) is 17.8. The van der Waals surface area contributed by atoms with Gasteiger partial charge in [0.2, 0.25) is 0 Å². The Morgan fingerprint density at radius 2 is 0.736 bits per heavy atom. The summed E-state index contributed by atoms with van der Waals surface area (Å²) in [7, 11) is 0. The molecular formula is C72H50. The van der Waals surface area contributed by atoms with Gasteiger partial charge in [0.1, 0.15) is 0 Å². The average molecular weight is 915 g/mol. The summed E-state index contributed by atoms with van der Waals surface area (Å²) in [5.74, 6) is 1.43. The Hall–Kier alpha value is -8.32. The predicted octanol–water partition coefficient (Wildman–Crippen LogP) is 18.6. The Kier molecular flexibility index (Phi) is 8.47. The Labute approximate surface area is 421 Å². The highest BCUT2D eigenvalue weighted by Crippen LogP contribution is 2.68. The zero-order chi connectivity index (χ0) is 47.3. The summed E-state index contributed by atoms with van der Waals surface area (Å²) in [6.45, 7) is 4.74. The van der Waals surface area contributed by atoms with Gasteiger partial charge in [0, 0.05) is 23.7 Å². The lowest BCUT2D eigenvalue weighted by molar-refractivity contribution is 0.613. The molecule has 0 saturated heterocycles. The number of hydrogen-bond acceptors (Lipinski definition) is 0. The molecule has 16 rings (SSSR count). The molecule has 5 atom stereocenters. The number of fused-ring (bicyclic) bond motifs is 11. The minimum absolute atomic E-state index is 0.204. The number of benzene rings is 8. The molecule has 0 aliphatic heterocycles. The zero-order valence-corrected chi connectivity index (χ0v) is 40.5. The van der Waals surface area contributed by atoms with E-state index in [0.29, 0.717) is 5.92 Å². The van der Waals surface area contributed by atoms with E-state index in [1.54, 1.807) is 0 Å². The van der Waals surface area contributed by atoms with E-state index in [9.17, 15) is 0 Å².